The number of nitrogens with one attached hydrogen (secondary N) is 1. The molecule has 0 radical (unpaired) electrons. The summed E-state index contributed by atoms with van der Waals surface area (Å²) >= 11 is 0. The summed E-state index contributed by atoms with van der Waals surface area (Å²) in [5.41, 5.74) is -0.690. The largest absolute Gasteiger partial charge is 0.371 e. The van der Waals surface area contributed by atoms with Crippen LogP contribution in [0.5, 0.6) is 0 Å². The van der Waals surface area contributed by atoms with Gasteiger partial charge < -0.3 is 10.2 Å². The molecule has 0 spiro atoms. The third kappa shape index (κ3) is 4.05. The van der Waals surface area contributed by atoms with Crippen molar-refractivity contribution in [2.45, 2.75) is 51.0 Å². The minimum atomic E-state index is -3.14. The predicted molar refractivity (Wildman–Crippen MR) is 134 cm³/mol. The number of anilines is 3. The van der Waals surface area contributed by atoms with E-state index in [-0.39, 0.29) is 41.3 Å². The van der Waals surface area contributed by atoms with Gasteiger partial charge in [-0.3, -0.25) is 14.5 Å². The number of sulfone groups is 1. The Morgan fingerprint density at radius 1 is 0.972 bits per heavy atom. The zero-order chi connectivity index (χ0) is 26.0. The van der Waals surface area contributed by atoms with Gasteiger partial charge in [-0.1, -0.05) is 0 Å². The van der Waals surface area contributed by atoms with Crippen LogP contribution in [0.3, 0.4) is 0 Å². The fraction of sp³-hybridized carbons (Fsp3) is 0.462. The molecule has 2 amide bonds. The summed E-state index contributed by atoms with van der Waals surface area (Å²) in [6.07, 6.45) is 1.51. The number of fused-ring (bicyclic) bond motifs is 1. The van der Waals surface area contributed by atoms with Crippen LogP contribution in [0.4, 0.5) is 25.8 Å². The van der Waals surface area contributed by atoms with Gasteiger partial charge in [0.15, 0.2) is 0 Å². The van der Waals surface area contributed by atoms with Crippen LogP contribution in [0.2, 0.25) is 0 Å². The van der Waals surface area contributed by atoms with E-state index in [0.717, 1.165) is 31.3 Å². The van der Waals surface area contributed by atoms with Crippen LogP contribution in [-0.4, -0.2) is 50.4 Å². The molecule has 10 heteroatoms. The van der Waals surface area contributed by atoms with Gasteiger partial charge in [0.1, 0.15) is 21.5 Å². The molecule has 0 atom stereocenters. The van der Waals surface area contributed by atoms with Gasteiger partial charge in [0, 0.05) is 24.3 Å². The smallest absolute Gasteiger partial charge is 0.254 e. The van der Waals surface area contributed by atoms with E-state index in [4.69, 9.17) is 0 Å². The lowest BCUT2D eigenvalue weighted by molar-refractivity contribution is -0.121. The molecular formula is C26H29F2N3O4S. The molecule has 1 N–H and O–H groups in total. The van der Waals surface area contributed by atoms with Crippen molar-refractivity contribution in [1.82, 2.24) is 5.32 Å². The normalized spacial score (nSPS) is 21.6. The third-order valence-electron chi connectivity index (χ3n) is 7.72. The van der Waals surface area contributed by atoms with Crippen molar-refractivity contribution in [1.29, 1.82) is 0 Å². The monoisotopic (exact) mass is 517 g/mol. The molecule has 2 aromatic carbocycles. The molecule has 3 heterocycles. The molecule has 2 fully saturated rings. The molecule has 0 aromatic heterocycles. The first-order chi connectivity index (χ1) is 16.8. The molecule has 36 heavy (non-hydrogen) atoms. The lowest BCUT2D eigenvalue weighted by atomic mass is 9.85. The van der Waals surface area contributed by atoms with E-state index in [2.05, 4.69) is 10.2 Å². The van der Waals surface area contributed by atoms with E-state index < -0.39 is 44.2 Å². The average molecular weight is 518 g/mol. The standard InChI is InChI=1S/C26H29F2N3O4S/c1-25(2)18-14-17(23(32)29-26(3)7-11-36(34,35)12-8-26)20(28)15-21(18)31(24(25)33)22-13-16(5-6-19(22)27)30-9-4-10-30/h5-6,13-15H,4,7-12H2,1-3H3,(H,29,32). The molecule has 3 aliphatic rings. The van der Waals surface area contributed by atoms with Crippen LogP contribution in [0, 0.1) is 11.6 Å². The van der Waals surface area contributed by atoms with Crippen LogP contribution in [-0.2, 0) is 20.0 Å². The Balaban J connectivity index is 1.50. The number of carbonyl (C=O) groups excluding carboxylic acids is 2. The first kappa shape index (κ1) is 24.7. The Kier molecular flexibility index (Phi) is 5.66. The van der Waals surface area contributed by atoms with E-state index in [1.54, 1.807) is 32.9 Å². The quantitative estimate of drug-likeness (QED) is 0.666. The third-order valence-corrected chi connectivity index (χ3v) is 9.37. The van der Waals surface area contributed by atoms with Crippen LogP contribution >= 0.6 is 0 Å². The van der Waals surface area contributed by atoms with Crippen LogP contribution in [0.25, 0.3) is 0 Å². The number of hydrogen-bond acceptors (Lipinski definition) is 5. The highest BCUT2D eigenvalue weighted by Gasteiger charge is 2.47. The second-order valence-corrected chi connectivity index (χ2v) is 13.1. The van der Waals surface area contributed by atoms with Gasteiger partial charge in [-0.2, -0.15) is 0 Å². The van der Waals surface area contributed by atoms with E-state index in [1.165, 1.54) is 17.0 Å². The van der Waals surface area contributed by atoms with Crippen molar-refractivity contribution in [3.8, 4) is 0 Å². The lowest BCUT2D eigenvalue weighted by Gasteiger charge is -2.34. The molecule has 0 saturated carbocycles. The molecular weight excluding hydrogens is 488 g/mol. The summed E-state index contributed by atoms with van der Waals surface area (Å²) in [5.74, 6) is -2.63. The maximum Gasteiger partial charge on any atom is 0.254 e. The van der Waals surface area contributed by atoms with Gasteiger partial charge in [-0.05, 0) is 75.9 Å². The molecule has 5 rings (SSSR count). The Labute approximate surface area is 209 Å². The highest BCUT2D eigenvalue weighted by Crippen LogP contribution is 2.47. The second-order valence-electron chi connectivity index (χ2n) is 10.8. The molecule has 0 bridgehead atoms. The first-order valence-corrected chi connectivity index (χ1v) is 13.9. The first-order valence-electron chi connectivity index (χ1n) is 12.1. The number of nitrogens with zero attached hydrogens (tertiary/aromatic N) is 2. The van der Waals surface area contributed by atoms with Crippen molar-refractivity contribution >= 4 is 38.7 Å². The van der Waals surface area contributed by atoms with Gasteiger partial charge in [0.25, 0.3) is 5.91 Å². The van der Waals surface area contributed by atoms with Crippen molar-refractivity contribution in [2.75, 3.05) is 34.4 Å². The highest BCUT2D eigenvalue weighted by molar-refractivity contribution is 7.91. The highest BCUT2D eigenvalue weighted by atomic mass is 32.2. The zero-order valence-electron chi connectivity index (χ0n) is 20.5. The fourth-order valence-electron chi connectivity index (χ4n) is 5.06. The number of carbonyl (C=O) groups is 2. The summed E-state index contributed by atoms with van der Waals surface area (Å²) < 4.78 is 53.9. The Hall–Kier alpha value is -3.01. The fourth-order valence-corrected chi connectivity index (χ4v) is 6.79. The van der Waals surface area contributed by atoms with Crippen LogP contribution in [0.15, 0.2) is 30.3 Å². The lowest BCUT2D eigenvalue weighted by Crippen LogP contribution is -2.51. The molecule has 3 aliphatic heterocycles. The van der Waals surface area contributed by atoms with Gasteiger partial charge in [0.05, 0.1) is 33.9 Å². The molecule has 192 valence electrons. The van der Waals surface area contributed by atoms with Gasteiger partial charge >= 0.3 is 0 Å². The summed E-state index contributed by atoms with van der Waals surface area (Å²) in [7, 11) is -3.14. The van der Waals surface area contributed by atoms with E-state index in [1.807, 2.05) is 0 Å². The van der Waals surface area contributed by atoms with E-state index in [9.17, 15) is 22.4 Å². The molecule has 2 aromatic rings. The predicted octanol–water partition coefficient (Wildman–Crippen LogP) is 3.83. The van der Waals surface area contributed by atoms with Crippen LogP contribution < -0.4 is 15.1 Å². The summed E-state index contributed by atoms with van der Waals surface area (Å²) in [6.45, 7) is 6.77. The Bertz CT molecular complexity index is 1370. The summed E-state index contributed by atoms with van der Waals surface area (Å²) in [5, 5.41) is 2.80. The summed E-state index contributed by atoms with van der Waals surface area (Å²) in [4.78, 5) is 29.9. The zero-order valence-corrected chi connectivity index (χ0v) is 21.3. The number of halogens is 2. The number of rotatable bonds is 4. The minimum absolute atomic E-state index is 0.0451. The SMILES string of the molecule is CC1(NC(=O)c2cc3c(cc2F)N(c2cc(N4CCC4)ccc2F)C(=O)C3(C)C)CCS(=O)(=O)CC1. The van der Waals surface area contributed by atoms with Crippen LogP contribution in [0.1, 0.15) is 56.0 Å². The summed E-state index contributed by atoms with van der Waals surface area (Å²) in [6, 6.07) is 7.05. The van der Waals surface area contributed by atoms with Gasteiger partial charge in [0.2, 0.25) is 5.91 Å². The second kappa shape index (κ2) is 8.26. The Morgan fingerprint density at radius 2 is 1.64 bits per heavy atom. The maximum atomic E-state index is 15.3. The minimum Gasteiger partial charge on any atom is -0.371 e. The topological polar surface area (TPSA) is 86.8 Å². The number of amides is 2. The molecule has 7 nitrogen and oxygen atoms in total. The molecule has 0 aliphatic carbocycles. The van der Waals surface area contributed by atoms with Gasteiger partial charge in [-0.15, -0.1) is 0 Å². The van der Waals surface area contributed by atoms with Crippen molar-refractivity contribution in [3.05, 3.63) is 53.1 Å². The number of hydrogen-bond donors (Lipinski definition) is 1. The maximum absolute atomic E-state index is 15.3. The Morgan fingerprint density at radius 3 is 2.25 bits per heavy atom. The van der Waals surface area contributed by atoms with Crippen molar-refractivity contribution in [2.24, 2.45) is 0 Å². The molecule has 0 unspecified atom stereocenters. The molecule has 2 saturated heterocycles. The van der Waals surface area contributed by atoms with Crippen molar-refractivity contribution < 1.29 is 26.8 Å². The van der Waals surface area contributed by atoms with Crippen molar-refractivity contribution in [3.63, 3.8) is 0 Å². The average Bonchev–Trinajstić information content (AvgIpc) is 2.95. The van der Waals surface area contributed by atoms with Gasteiger partial charge in [-0.25, -0.2) is 17.2 Å². The van der Waals surface area contributed by atoms with E-state index >= 15 is 4.39 Å². The number of benzene rings is 2. The van der Waals surface area contributed by atoms with E-state index in [0.29, 0.717) is 5.56 Å².